The standard InChI is InChI=1S/C25H19N3O2S2/c1-15-9-11-17(12-10-15)19-13-31-24-22(19)23(30)27-25(28-24)32-14-21(29)26-20-8-4-6-16-5-2-3-7-18(16)20/h2-13H,14H2,1H3,(H,26,29)(H,27,28,30). The highest BCUT2D eigenvalue weighted by molar-refractivity contribution is 7.99. The highest BCUT2D eigenvalue weighted by Gasteiger charge is 2.14. The van der Waals surface area contributed by atoms with Crippen molar-refractivity contribution in [3.05, 3.63) is 88.0 Å². The first-order valence-corrected chi connectivity index (χ1v) is 11.9. The van der Waals surface area contributed by atoms with Crippen LogP contribution < -0.4 is 10.9 Å². The van der Waals surface area contributed by atoms with Crippen LogP contribution in [0.2, 0.25) is 0 Å². The van der Waals surface area contributed by atoms with Crippen LogP contribution in [0.15, 0.2) is 82.1 Å². The summed E-state index contributed by atoms with van der Waals surface area (Å²) < 4.78 is 0. The van der Waals surface area contributed by atoms with Gasteiger partial charge in [0.1, 0.15) is 4.83 Å². The van der Waals surface area contributed by atoms with Gasteiger partial charge in [-0.3, -0.25) is 9.59 Å². The van der Waals surface area contributed by atoms with Gasteiger partial charge in [0.2, 0.25) is 5.91 Å². The Bertz CT molecular complexity index is 1500. The highest BCUT2D eigenvalue weighted by atomic mass is 32.2. The fourth-order valence-electron chi connectivity index (χ4n) is 3.60. The van der Waals surface area contributed by atoms with E-state index in [1.807, 2.05) is 79.0 Å². The summed E-state index contributed by atoms with van der Waals surface area (Å²) in [4.78, 5) is 33.4. The second-order valence-electron chi connectivity index (χ2n) is 7.43. The molecule has 0 spiro atoms. The molecule has 0 saturated heterocycles. The summed E-state index contributed by atoms with van der Waals surface area (Å²) in [6, 6.07) is 21.8. The molecule has 32 heavy (non-hydrogen) atoms. The van der Waals surface area contributed by atoms with Crippen LogP contribution in [0.25, 0.3) is 32.1 Å². The molecule has 158 valence electrons. The molecule has 0 aliphatic carbocycles. The van der Waals surface area contributed by atoms with Crippen LogP contribution in [0.1, 0.15) is 5.56 Å². The van der Waals surface area contributed by atoms with Gasteiger partial charge in [-0.1, -0.05) is 78.0 Å². The minimum atomic E-state index is -0.191. The molecule has 0 radical (unpaired) electrons. The number of hydrogen-bond acceptors (Lipinski definition) is 5. The Labute approximate surface area is 192 Å². The normalized spacial score (nSPS) is 11.2. The summed E-state index contributed by atoms with van der Waals surface area (Å²) in [5.74, 6) is -0.00551. The number of aromatic nitrogens is 2. The Morgan fingerprint density at radius 3 is 2.69 bits per heavy atom. The molecular formula is C25H19N3O2S2. The van der Waals surface area contributed by atoms with E-state index in [0.29, 0.717) is 15.4 Å². The number of nitrogens with one attached hydrogen (secondary N) is 2. The third-order valence-corrected chi connectivity index (χ3v) is 6.93. The van der Waals surface area contributed by atoms with E-state index in [0.717, 1.165) is 27.6 Å². The number of rotatable bonds is 5. The molecule has 7 heteroatoms. The minimum absolute atomic E-state index is 0.147. The third kappa shape index (κ3) is 4.04. The van der Waals surface area contributed by atoms with Crippen molar-refractivity contribution < 1.29 is 4.79 Å². The van der Waals surface area contributed by atoms with E-state index < -0.39 is 0 Å². The number of anilines is 1. The molecule has 1 amide bonds. The number of thiophene rings is 1. The van der Waals surface area contributed by atoms with Gasteiger partial charge < -0.3 is 10.3 Å². The van der Waals surface area contributed by atoms with Crippen LogP contribution in [-0.4, -0.2) is 21.6 Å². The van der Waals surface area contributed by atoms with Gasteiger partial charge in [-0.05, 0) is 23.9 Å². The molecule has 0 unspecified atom stereocenters. The summed E-state index contributed by atoms with van der Waals surface area (Å²) in [6.07, 6.45) is 0. The van der Waals surface area contributed by atoms with Crippen molar-refractivity contribution in [3.8, 4) is 11.1 Å². The second kappa shape index (κ2) is 8.61. The Morgan fingerprint density at radius 1 is 1.06 bits per heavy atom. The highest BCUT2D eigenvalue weighted by Crippen LogP contribution is 2.31. The van der Waals surface area contributed by atoms with Gasteiger partial charge in [0.05, 0.1) is 11.1 Å². The third-order valence-electron chi connectivity index (χ3n) is 5.19. The predicted octanol–water partition coefficient (Wildman–Crippen LogP) is 5.84. The molecule has 0 atom stereocenters. The average molecular weight is 458 g/mol. The maximum Gasteiger partial charge on any atom is 0.260 e. The van der Waals surface area contributed by atoms with E-state index >= 15 is 0 Å². The van der Waals surface area contributed by atoms with E-state index in [1.165, 1.54) is 28.7 Å². The minimum Gasteiger partial charge on any atom is -0.325 e. The number of amides is 1. The molecule has 0 saturated carbocycles. The van der Waals surface area contributed by atoms with Crippen LogP contribution in [0.4, 0.5) is 5.69 Å². The zero-order chi connectivity index (χ0) is 22.1. The molecule has 3 aromatic carbocycles. The molecular weight excluding hydrogens is 438 g/mol. The van der Waals surface area contributed by atoms with Crippen LogP contribution in [0.5, 0.6) is 0 Å². The first kappa shape index (κ1) is 20.5. The Balaban J connectivity index is 1.34. The zero-order valence-electron chi connectivity index (χ0n) is 17.2. The molecule has 0 fully saturated rings. The fourth-order valence-corrected chi connectivity index (χ4v) is 5.26. The van der Waals surface area contributed by atoms with Gasteiger partial charge in [0, 0.05) is 22.0 Å². The van der Waals surface area contributed by atoms with E-state index in [-0.39, 0.29) is 17.2 Å². The Morgan fingerprint density at radius 2 is 1.84 bits per heavy atom. The maximum atomic E-state index is 12.8. The SMILES string of the molecule is Cc1ccc(-c2csc3nc(SCC(=O)Nc4cccc5ccccc45)[nH]c(=O)c23)cc1. The molecule has 0 aliphatic rings. The Hall–Kier alpha value is -3.42. The first-order valence-electron chi connectivity index (χ1n) is 10.1. The average Bonchev–Trinajstić information content (AvgIpc) is 3.23. The number of aryl methyl sites for hydroxylation is 1. The van der Waals surface area contributed by atoms with Crippen molar-refractivity contribution in [3.63, 3.8) is 0 Å². The number of carbonyl (C=O) groups excluding carboxylic acids is 1. The van der Waals surface area contributed by atoms with Gasteiger partial charge in [-0.15, -0.1) is 11.3 Å². The van der Waals surface area contributed by atoms with Crippen LogP contribution in [-0.2, 0) is 4.79 Å². The van der Waals surface area contributed by atoms with E-state index in [2.05, 4.69) is 15.3 Å². The quantitative estimate of drug-likeness (QED) is 0.257. The van der Waals surface area contributed by atoms with E-state index in [4.69, 9.17) is 0 Å². The predicted molar refractivity (Wildman–Crippen MR) is 134 cm³/mol. The second-order valence-corrected chi connectivity index (χ2v) is 9.25. The zero-order valence-corrected chi connectivity index (χ0v) is 18.8. The molecule has 0 aliphatic heterocycles. The molecule has 0 bridgehead atoms. The number of carbonyl (C=O) groups is 1. The molecule has 2 N–H and O–H groups in total. The number of fused-ring (bicyclic) bond motifs is 2. The van der Waals surface area contributed by atoms with Crippen molar-refractivity contribution in [1.82, 2.24) is 9.97 Å². The number of benzene rings is 3. The summed E-state index contributed by atoms with van der Waals surface area (Å²) in [7, 11) is 0. The lowest BCUT2D eigenvalue weighted by molar-refractivity contribution is -0.113. The summed E-state index contributed by atoms with van der Waals surface area (Å²) in [6.45, 7) is 2.03. The van der Waals surface area contributed by atoms with Gasteiger partial charge in [0.15, 0.2) is 5.16 Å². The molecule has 2 heterocycles. The van der Waals surface area contributed by atoms with Gasteiger partial charge in [0.25, 0.3) is 5.56 Å². The van der Waals surface area contributed by atoms with Crippen molar-refractivity contribution in [2.45, 2.75) is 12.1 Å². The van der Waals surface area contributed by atoms with Crippen molar-refractivity contribution in [1.29, 1.82) is 0 Å². The smallest absolute Gasteiger partial charge is 0.260 e. The maximum absolute atomic E-state index is 12.8. The van der Waals surface area contributed by atoms with Crippen LogP contribution in [0.3, 0.4) is 0 Å². The van der Waals surface area contributed by atoms with Crippen molar-refractivity contribution in [2.24, 2.45) is 0 Å². The lowest BCUT2D eigenvalue weighted by atomic mass is 10.1. The first-order chi connectivity index (χ1) is 15.6. The lowest BCUT2D eigenvalue weighted by Crippen LogP contribution is -2.15. The number of thioether (sulfide) groups is 1. The molecule has 2 aromatic heterocycles. The number of hydrogen-bond donors (Lipinski definition) is 2. The Kier molecular flexibility index (Phi) is 5.51. The number of aromatic amines is 1. The van der Waals surface area contributed by atoms with Crippen LogP contribution >= 0.6 is 23.1 Å². The van der Waals surface area contributed by atoms with E-state index in [1.54, 1.807) is 0 Å². The lowest BCUT2D eigenvalue weighted by Gasteiger charge is -2.08. The fraction of sp³-hybridized carbons (Fsp3) is 0.0800. The molecule has 5 nitrogen and oxygen atoms in total. The number of nitrogens with zero attached hydrogens (tertiary/aromatic N) is 1. The topological polar surface area (TPSA) is 74.8 Å². The van der Waals surface area contributed by atoms with Gasteiger partial charge in [-0.2, -0.15) is 0 Å². The summed E-state index contributed by atoms with van der Waals surface area (Å²) >= 11 is 2.65. The number of H-pyrrole nitrogens is 1. The van der Waals surface area contributed by atoms with Gasteiger partial charge in [-0.25, -0.2) is 4.98 Å². The monoisotopic (exact) mass is 457 g/mol. The molecule has 5 rings (SSSR count). The van der Waals surface area contributed by atoms with Crippen molar-refractivity contribution >= 4 is 55.7 Å². The molecule has 5 aromatic rings. The van der Waals surface area contributed by atoms with E-state index in [9.17, 15) is 9.59 Å². The van der Waals surface area contributed by atoms with Gasteiger partial charge >= 0.3 is 0 Å². The largest absolute Gasteiger partial charge is 0.325 e. The summed E-state index contributed by atoms with van der Waals surface area (Å²) in [5.41, 5.74) is 3.61. The van der Waals surface area contributed by atoms with Crippen LogP contribution in [0, 0.1) is 6.92 Å². The van der Waals surface area contributed by atoms with Crippen molar-refractivity contribution in [2.75, 3.05) is 11.1 Å². The summed E-state index contributed by atoms with van der Waals surface area (Å²) in [5, 5.41) is 8.00.